The molecule has 1 aliphatic heterocycles. The molecule has 0 aromatic carbocycles. The van der Waals surface area contributed by atoms with Crippen molar-refractivity contribution < 1.29 is 14.3 Å². The maximum atomic E-state index is 11.3. The summed E-state index contributed by atoms with van der Waals surface area (Å²) in [7, 11) is 1.56. The molecule has 0 amide bonds. The molecule has 0 fully saturated rings. The zero-order chi connectivity index (χ0) is 16.3. The van der Waals surface area contributed by atoms with Crippen LogP contribution in [0.1, 0.15) is 27.7 Å². The number of carbonyl (C=O) groups excluding carboxylic acids is 1. The predicted octanol–water partition coefficient (Wildman–Crippen LogP) is 2.37. The molecule has 0 spiro atoms. The van der Waals surface area contributed by atoms with Crippen LogP contribution in [0.5, 0.6) is 0 Å². The van der Waals surface area contributed by atoms with E-state index in [-0.39, 0.29) is 12.3 Å². The minimum atomic E-state index is -0.397. The minimum Gasteiger partial charge on any atom is -0.504 e. The third-order valence-electron chi connectivity index (χ3n) is 2.10. The first-order valence-electron chi connectivity index (χ1n) is 6.87. The van der Waals surface area contributed by atoms with Gasteiger partial charge in [0, 0.05) is 12.3 Å². The Bertz CT molecular complexity index is 414. The SMILES string of the molecule is C=C(/C=C/OC)C1N=CN(/C=C\C(=O)OC(C)C)N1.CC. The Kier molecular flexibility index (Phi) is 9.62. The highest BCUT2D eigenvalue weighted by Crippen LogP contribution is 2.08. The highest BCUT2D eigenvalue weighted by Gasteiger charge is 2.16. The third-order valence-corrected chi connectivity index (χ3v) is 2.10. The van der Waals surface area contributed by atoms with E-state index in [0.29, 0.717) is 0 Å². The van der Waals surface area contributed by atoms with Gasteiger partial charge in [-0.25, -0.2) is 15.2 Å². The summed E-state index contributed by atoms with van der Waals surface area (Å²) in [6.07, 6.45) is 7.28. The lowest BCUT2D eigenvalue weighted by molar-refractivity contribution is -0.141. The number of carbonyl (C=O) groups is 1. The van der Waals surface area contributed by atoms with Crippen LogP contribution in [0.3, 0.4) is 0 Å². The molecular formula is C15H25N3O3. The largest absolute Gasteiger partial charge is 0.504 e. The van der Waals surface area contributed by atoms with Gasteiger partial charge in [0.1, 0.15) is 12.5 Å². The molecule has 1 aliphatic rings. The topological polar surface area (TPSA) is 63.2 Å². The molecule has 0 radical (unpaired) electrons. The van der Waals surface area contributed by atoms with Crippen LogP contribution in [0.4, 0.5) is 0 Å². The van der Waals surface area contributed by atoms with Crippen molar-refractivity contribution in [3.63, 3.8) is 0 Å². The van der Waals surface area contributed by atoms with Gasteiger partial charge < -0.3 is 9.47 Å². The number of ether oxygens (including phenoxy) is 2. The molecule has 6 heteroatoms. The molecule has 0 aromatic heterocycles. The van der Waals surface area contributed by atoms with Gasteiger partial charge in [-0.15, -0.1) is 0 Å². The average Bonchev–Trinajstić information content (AvgIpc) is 2.93. The third kappa shape index (κ3) is 7.94. The Hall–Kier alpha value is -2.08. The first-order valence-corrected chi connectivity index (χ1v) is 6.87. The van der Waals surface area contributed by atoms with E-state index in [1.54, 1.807) is 44.6 Å². The van der Waals surface area contributed by atoms with Gasteiger partial charge in [0.25, 0.3) is 0 Å². The lowest BCUT2D eigenvalue weighted by Crippen LogP contribution is -2.33. The van der Waals surface area contributed by atoms with E-state index in [0.717, 1.165) is 5.57 Å². The second kappa shape index (κ2) is 10.7. The molecule has 1 rings (SSSR count). The summed E-state index contributed by atoms with van der Waals surface area (Å²) in [5.74, 6) is -0.397. The Morgan fingerprint density at radius 2 is 2.10 bits per heavy atom. The summed E-state index contributed by atoms with van der Waals surface area (Å²) in [6.45, 7) is 11.4. The van der Waals surface area contributed by atoms with Gasteiger partial charge in [0.15, 0.2) is 0 Å². The maximum absolute atomic E-state index is 11.3. The van der Waals surface area contributed by atoms with E-state index in [1.165, 1.54) is 12.3 Å². The van der Waals surface area contributed by atoms with E-state index in [4.69, 9.17) is 9.47 Å². The van der Waals surface area contributed by atoms with Gasteiger partial charge in [0.2, 0.25) is 0 Å². The van der Waals surface area contributed by atoms with Crippen LogP contribution in [-0.2, 0) is 14.3 Å². The number of methoxy groups -OCH3 is 1. The molecule has 0 saturated heterocycles. The Balaban J connectivity index is 0.00000191. The lowest BCUT2D eigenvalue weighted by Gasteiger charge is -2.13. The van der Waals surface area contributed by atoms with E-state index in [1.807, 2.05) is 13.8 Å². The number of nitrogens with zero attached hydrogens (tertiary/aromatic N) is 2. The van der Waals surface area contributed by atoms with Gasteiger partial charge in [-0.3, -0.25) is 5.01 Å². The van der Waals surface area contributed by atoms with Crippen molar-refractivity contribution in [3.05, 3.63) is 36.8 Å². The second-order valence-corrected chi connectivity index (χ2v) is 4.12. The van der Waals surface area contributed by atoms with E-state index in [9.17, 15) is 4.79 Å². The Morgan fingerprint density at radius 1 is 1.43 bits per heavy atom. The van der Waals surface area contributed by atoms with Crippen LogP contribution in [0.15, 0.2) is 41.8 Å². The van der Waals surface area contributed by atoms with Crippen molar-refractivity contribution in [1.82, 2.24) is 10.4 Å². The van der Waals surface area contributed by atoms with E-state index >= 15 is 0 Å². The fourth-order valence-corrected chi connectivity index (χ4v) is 1.27. The number of hydrogen-bond acceptors (Lipinski definition) is 6. The summed E-state index contributed by atoms with van der Waals surface area (Å²) in [5, 5.41) is 1.57. The first-order chi connectivity index (χ1) is 10.0. The molecule has 0 aliphatic carbocycles. The molecule has 1 N–H and O–H groups in total. The van der Waals surface area contributed by atoms with Gasteiger partial charge in [-0.05, 0) is 25.5 Å². The average molecular weight is 295 g/mol. The number of rotatable bonds is 6. The minimum absolute atomic E-state index is 0.135. The summed E-state index contributed by atoms with van der Waals surface area (Å²) in [6, 6.07) is 0. The molecule has 0 aromatic rings. The molecular weight excluding hydrogens is 270 g/mol. The quantitative estimate of drug-likeness (QED) is 0.353. The van der Waals surface area contributed by atoms with Crippen molar-refractivity contribution in [1.29, 1.82) is 0 Å². The van der Waals surface area contributed by atoms with Crippen LogP contribution in [-0.4, -0.2) is 36.7 Å². The zero-order valence-electron chi connectivity index (χ0n) is 13.4. The van der Waals surface area contributed by atoms with E-state index in [2.05, 4.69) is 17.0 Å². The molecule has 6 nitrogen and oxygen atoms in total. The highest BCUT2D eigenvalue weighted by molar-refractivity contribution is 5.82. The van der Waals surface area contributed by atoms with Gasteiger partial charge in [-0.2, -0.15) is 0 Å². The van der Waals surface area contributed by atoms with Gasteiger partial charge >= 0.3 is 5.97 Å². The molecule has 0 bridgehead atoms. The van der Waals surface area contributed by atoms with Crippen molar-refractivity contribution in [2.75, 3.05) is 7.11 Å². The van der Waals surface area contributed by atoms with Crippen molar-refractivity contribution in [2.45, 2.75) is 40.0 Å². The number of hydrogen-bond donors (Lipinski definition) is 1. The summed E-state index contributed by atoms with van der Waals surface area (Å²) < 4.78 is 9.77. The predicted molar refractivity (Wildman–Crippen MR) is 84.3 cm³/mol. The Labute approximate surface area is 126 Å². The maximum Gasteiger partial charge on any atom is 0.332 e. The monoisotopic (exact) mass is 295 g/mol. The summed E-state index contributed by atoms with van der Waals surface area (Å²) in [4.78, 5) is 15.5. The second-order valence-electron chi connectivity index (χ2n) is 4.12. The van der Waals surface area contributed by atoms with Crippen LogP contribution in [0, 0.1) is 0 Å². The fourth-order valence-electron chi connectivity index (χ4n) is 1.27. The number of hydrazine groups is 1. The van der Waals surface area contributed by atoms with Crippen molar-refractivity contribution in [3.8, 4) is 0 Å². The highest BCUT2D eigenvalue weighted by atomic mass is 16.5. The zero-order valence-corrected chi connectivity index (χ0v) is 13.4. The number of aliphatic imine (C=N–C) groups is 1. The molecule has 1 heterocycles. The molecule has 1 atom stereocenters. The van der Waals surface area contributed by atoms with Crippen LogP contribution in [0.2, 0.25) is 0 Å². The van der Waals surface area contributed by atoms with Gasteiger partial charge in [-0.1, -0.05) is 20.4 Å². The van der Waals surface area contributed by atoms with E-state index < -0.39 is 5.97 Å². The van der Waals surface area contributed by atoms with Crippen molar-refractivity contribution >= 4 is 12.3 Å². The van der Waals surface area contributed by atoms with Gasteiger partial charge in [0.05, 0.1) is 19.5 Å². The first kappa shape index (κ1) is 18.9. The number of nitrogens with one attached hydrogen (secondary N) is 1. The molecule has 1 unspecified atom stereocenters. The van der Waals surface area contributed by atoms with Crippen LogP contribution < -0.4 is 5.43 Å². The fraction of sp³-hybridized carbons (Fsp3) is 0.467. The normalized spacial score (nSPS) is 17.2. The number of esters is 1. The van der Waals surface area contributed by atoms with Crippen LogP contribution in [0.25, 0.3) is 0 Å². The lowest BCUT2D eigenvalue weighted by atomic mass is 10.2. The van der Waals surface area contributed by atoms with Crippen LogP contribution >= 0.6 is 0 Å². The smallest absolute Gasteiger partial charge is 0.332 e. The van der Waals surface area contributed by atoms with Crippen molar-refractivity contribution in [2.24, 2.45) is 4.99 Å². The molecule has 118 valence electrons. The summed E-state index contributed by atoms with van der Waals surface area (Å²) >= 11 is 0. The molecule has 21 heavy (non-hydrogen) atoms. The summed E-state index contributed by atoms with van der Waals surface area (Å²) in [5.41, 5.74) is 3.77. The molecule has 0 saturated carbocycles. The Morgan fingerprint density at radius 3 is 2.67 bits per heavy atom. The standard InChI is InChI=1S/C13H19N3O3.C2H6/c1-10(2)19-12(17)5-7-16-9-14-13(15-16)11(3)6-8-18-4;1-2/h5-10,13,15H,3H2,1-2,4H3;1-2H3/b7-5-,8-6+;.